The van der Waals surface area contributed by atoms with Crippen LogP contribution in [-0.4, -0.2) is 28.6 Å². The minimum absolute atomic E-state index is 0.186. The van der Waals surface area contributed by atoms with Gasteiger partial charge in [0, 0.05) is 12.7 Å². The highest BCUT2D eigenvalue weighted by atomic mass is 19.1. The maximum absolute atomic E-state index is 13.0. The zero-order valence-electron chi connectivity index (χ0n) is 13.8. The lowest BCUT2D eigenvalue weighted by Crippen LogP contribution is -2.32. The van der Waals surface area contributed by atoms with Gasteiger partial charge in [-0.3, -0.25) is 4.79 Å². The average Bonchev–Trinajstić information content (AvgIpc) is 2.63. The number of amides is 1. The van der Waals surface area contributed by atoms with Crippen LogP contribution in [0.2, 0.25) is 0 Å². The van der Waals surface area contributed by atoms with Crippen LogP contribution in [0.1, 0.15) is 36.0 Å². The lowest BCUT2D eigenvalue weighted by molar-refractivity contribution is 0.0908. The summed E-state index contributed by atoms with van der Waals surface area (Å²) in [6.45, 7) is 0.566. The smallest absolute Gasteiger partial charge is 0.256 e. The van der Waals surface area contributed by atoms with Gasteiger partial charge in [0.2, 0.25) is 5.88 Å². The molecule has 2 aromatic rings. The van der Waals surface area contributed by atoms with Crippen molar-refractivity contribution in [3.63, 3.8) is 0 Å². The lowest BCUT2D eigenvalue weighted by Gasteiger charge is -2.25. The van der Waals surface area contributed by atoms with Crippen molar-refractivity contribution in [3.8, 4) is 11.6 Å². The van der Waals surface area contributed by atoms with Gasteiger partial charge in [0.05, 0.1) is 6.10 Å². The van der Waals surface area contributed by atoms with Crippen LogP contribution in [0.25, 0.3) is 0 Å². The number of ether oxygens (including phenoxy) is 1. The summed E-state index contributed by atoms with van der Waals surface area (Å²) in [7, 11) is 0. The third-order valence-corrected chi connectivity index (χ3v) is 4.41. The molecule has 0 saturated heterocycles. The summed E-state index contributed by atoms with van der Waals surface area (Å²) in [6.07, 6.45) is 4.72. The Morgan fingerprint density at radius 3 is 2.64 bits per heavy atom. The van der Waals surface area contributed by atoms with Gasteiger partial charge in [-0.15, -0.1) is 0 Å². The van der Waals surface area contributed by atoms with Gasteiger partial charge in [-0.1, -0.05) is 0 Å². The van der Waals surface area contributed by atoms with E-state index in [4.69, 9.17) is 4.74 Å². The first-order valence-electron chi connectivity index (χ1n) is 8.46. The van der Waals surface area contributed by atoms with E-state index >= 15 is 0 Å². The van der Waals surface area contributed by atoms with Crippen molar-refractivity contribution in [3.05, 3.63) is 54.0 Å². The van der Waals surface area contributed by atoms with Gasteiger partial charge in [-0.05, 0) is 68.0 Å². The highest BCUT2D eigenvalue weighted by molar-refractivity contribution is 5.96. The molecule has 0 bridgehead atoms. The molecular formula is C19H21FN2O3. The van der Waals surface area contributed by atoms with Gasteiger partial charge < -0.3 is 15.2 Å². The van der Waals surface area contributed by atoms with E-state index in [-0.39, 0.29) is 23.7 Å². The predicted octanol–water partition coefficient (Wildman–Crippen LogP) is 3.29. The molecule has 1 aromatic carbocycles. The fourth-order valence-electron chi connectivity index (χ4n) is 2.94. The zero-order valence-corrected chi connectivity index (χ0v) is 13.8. The number of benzene rings is 1. The summed E-state index contributed by atoms with van der Waals surface area (Å²) < 4.78 is 18.6. The highest BCUT2D eigenvalue weighted by Gasteiger charge is 2.21. The number of aliphatic hydroxyl groups is 1. The molecule has 132 valence electrons. The van der Waals surface area contributed by atoms with Crippen LogP contribution >= 0.6 is 0 Å². The number of nitrogens with zero attached hydrogens (tertiary/aromatic N) is 1. The number of pyridine rings is 1. The third-order valence-electron chi connectivity index (χ3n) is 4.41. The van der Waals surface area contributed by atoms with E-state index in [2.05, 4.69) is 10.3 Å². The Morgan fingerprint density at radius 2 is 1.92 bits per heavy atom. The quantitative estimate of drug-likeness (QED) is 0.873. The van der Waals surface area contributed by atoms with Crippen molar-refractivity contribution in [1.82, 2.24) is 10.3 Å². The van der Waals surface area contributed by atoms with E-state index in [1.165, 1.54) is 30.5 Å². The SMILES string of the molecule is O=C(NCC1CCC(O)CC1)c1cccnc1Oc1ccc(F)cc1. The number of carbonyl (C=O) groups is 1. The van der Waals surface area contributed by atoms with Crippen LogP contribution in [0.3, 0.4) is 0 Å². The van der Waals surface area contributed by atoms with Crippen LogP contribution in [0.15, 0.2) is 42.6 Å². The largest absolute Gasteiger partial charge is 0.438 e. The summed E-state index contributed by atoms with van der Waals surface area (Å²) in [5.74, 6) is 0.367. The van der Waals surface area contributed by atoms with Crippen LogP contribution in [0.5, 0.6) is 11.6 Å². The van der Waals surface area contributed by atoms with Gasteiger partial charge in [0.1, 0.15) is 17.1 Å². The highest BCUT2D eigenvalue weighted by Crippen LogP contribution is 2.25. The Labute approximate surface area is 145 Å². The maximum Gasteiger partial charge on any atom is 0.256 e. The summed E-state index contributed by atoms with van der Waals surface area (Å²) in [6, 6.07) is 8.86. The number of hydrogen-bond acceptors (Lipinski definition) is 4. The fourth-order valence-corrected chi connectivity index (χ4v) is 2.94. The normalized spacial score (nSPS) is 20.1. The average molecular weight is 344 g/mol. The minimum atomic E-state index is -0.357. The van der Waals surface area contributed by atoms with Gasteiger partial charge in [-0.2, -0.15) is 0 Å². The molecule has 1 saturated carbocycles. The molecule has 1 fully saturated rings. The van der Waals surface area contributed by atoms with E-state index < -0.39 is 0 Å². The Kier molecular flexibility index (Phi) is 5.60. The van der Waals surface area contributed by atoms with E-state index in [9.17, 15) is 14.3 Å². The number of rotatable bonds is 5. The van der Waals surface area contributed by atoms with Gasteiger partial charge >= 0.3 is 0 Å². The second-order valence-electron chi connectivity index (χ2n) is 6.30. The van der Waals surface area contributed by atoms with E-state index in [0.717, 1.165) is 25.7 Å². The number of carbonyl (C=O) groups excluding carboxylic acids is 1. The van der Waals surface area contributed by atoms with Crippen molar-refractivity contribution >= 4 is 5.91 Å². The van der Waals surface area contributed by atoms with Crippen LogP contribution in [0, 0.1) is 11.7 Å². The molecule has 0 radical (unpaired) electrons. The summed E-state index contributed by atoms with van der Waals surface area (Å²) in [5, 5.41) is 12.5. The molecule has 5 nitrogen and oxygen atoms in total. The van der Waals surface area contributed by atoms with Gasteiger partial charge in [-0.25, -0.2) is 9.37 Å². The summed E-state index contributed by atoms with van der Waals surface area (Å²) in [5.41, 5.74) is 0.336. The van der Waals surface area contributed by atoms with Gasteiger partial charge in [0.25, 0.3) is 5.91 Å². The Hall–Kier alpha value is -2.47. The first-order chi connectivity index (χ1) is 12.1. The Morgan fingerprint density at radius 1 is 1.20 bits per heavy atom. The van der Waals surface area contributed by atoms with Crippen LogP contribution < -0.4 is 10.1 Å². The van der Waals surface area contributed by atoms with E-state index in [0.29, 0.717) is 23.8 Å². The number of nitrogens with one attached hydrogen (secondary N) is 1. The van der Waals surface area contributed by atoms with Crippen molar-refractivity contribution in [2.45, 2.75) is 31.8 Å². The molecule has 2 N–H and O–H groups in total. The maximum atomic E-state index is 13.0. The standard InChI is InChI=1S/C19H21FN2O3/c20-14-5-9-16(10-6-14)25-19-17(2-1-11-21-19)18(24)22-12-13-3-7-15(23)8-4-13/h1-2,5-6,9-11,13,15,23H,3-4,7-8,12H2,(H,22,24). The van der Waals surface area contributed by atoms with E-state index in [1.54, 1.807) is 12.1 Å². The predicted molar refractivity (Wildman–Crippen MR) is 91.0 cm³/mol. The molecular weight excluding hydrogens is 323 g/mol. The molecule has 1 amide bonds. The van der Waals surface area contributed by atoms with Gasteiger partial charge in [0.15, 0.2) is 0 Å². The molecule has 1 aromatic heterocycles. The summed E-state index contributed by atoms with van der Waals surface area (Å²) >= 11 is 0. The first-order valence-corrected chi connectivity index (χ1v) is 8.46. The zero-order chi connectivity index (χ0) is 17.6. The number of aromatic nitrogens is 1. The number of hydrogen-bond donors (Lipinski definition) is 2. The third kappa shape index (κ3) is 4.76. The molecule has 25 heavy (non-hydrogen) atoms. The van der Waals surface area contributed by atoms with E-state index in [1.807, 2.05) is 0 Å². The van der Waals surface area contributed by atoms with Crippen molar-refractivity contribution in [2.24, 2.45) is 5.92 Å². The summed E-state index contributed by atoms with van der Waals surface area (Å²) in [4.78, 5) is 16.6. The Bertz CT molecular complexity index is 713. The molecule has 1 aliphatic carbocycles. The fraction of sp³-hybridized carbons (Fsp3) is 0.368. The molecule has 6 heteroatoms. The molecule has 0 spiro atoms. The topological polar surface area (TPSA) is 71.5 Å². The van der Waals surface area contributed by atoms with Crippen molar-refractivity contribution in [1.29, 1.82) is 0 Å². The van der Waals surface area contributed by atoms with Crippen molar-refractivity contribution in [2.75, 3.05) is 6.54 Å². The molecule has 1 aliphatic rings. The second-order valence-corrected chi connectivity index (χ2v) is 6.30. The first kappa shape index (κ1) is 17.4. The molecule has 0 aliphatic heterocycles. The van der Waals surface area contributed by atoms with Crippen LogP contribution in [0.4, 0.5) is 4.39 Å². The molecule has 1 heterocycles. The van der Waals surface area contributed by atoms with Crippen LogP contribution in [-0.2, 0) is 0 Å². The second kappa shape index (κ2) is 8.07. The number of aliphatic hydroxyl groups excluding tert-OH is 1. The molecule has 0 atom stereocenters. The van der Waals surface area contributed by atoms with Crippen molar-refractivity contribution < 1.29 is 19.0 Å². The molecule has 3 rings (SSSR count). The molecule has 0 unspecified atom stereocenters. The minimum Gasteiger partial charge on any atom is -0.438 e. The monoisotopic (exact) mass is 344 g/mol. The Balaban J connectivity index is 1.63. The lowest BCUT2D eigenvalue weighted by atomic mass is 9.87. The number of halogens is 1.